The van der Waals surface area contributed by atoms with Gasteiger partial charge in [0.1, 0.15) is 0 Å². The summed E-state index contributed by atoms with van der Waals surface area (Å²) in [7, 11) is 0. The van der Waals surface area contributed by atoms with Crippen molar-refractivity contribution in [2.45, 2.75) is 13.3 Å². The van der Waals surface area contributed by atoms with Gasteiger partial charge in [0.15, 0.2) is 0 Å². The van der Waals surface area contributed by atoms with Crippen LogP contribution in [0, 0.1) is 0 Å². The van der Waals surface area contributed by atoms with E-state index >= 15 is 0 Å². The molecule has 3 rings (SSSR count). The fourth-order valence-electron chi connectivity index (χ4n) is 2.09. The largest absolute Gasteiger partial charge is 0.135 e. The molecule has 0 spiro atoms. The van der Waals surface area contributed by atoms with E-state index in [1.54, 1.807) is 11.3 Å². The van der Waals surface area contributed by atoms with E-state index in [1.807, 2.05) is 12.1 Å². The van der Waals surface area contributed by atoms with Gasteiger partial charge in [-0.05, 0) is 36.2 Å². The number of hydrogen-bond donors (Lipinski definition) is 0. The van der Waals surface area contributed by atoms with E-state index in [2.05, 4.69) is 41.1 Å². The van der Waals surface area contributed by atoms with Crippen molar-refractivity contribution in [1.29, 1.82) is 0 Å². The average Bonchev–Trinajstić information content (AvgIpc) is 2.63. The Labute approximate surface area is 117 Å². The van der Waals surface area contributed by atoms with Crippen molar-refractivity contribution in [3.8, 4) is 0 Å². The van der Waals surface area contributed by atoms with Crippen molar-refractivity contribution in [3.63, 3.8) is 0 Å². The molecule has 0 radical (unpaired) electrons. The number of rotatable bonds is 1. The van der Waals surface area contributed by atoms with Gasteiger partial charge in [-0.25, -0.2) is 0 Å². The minimum atomic E-state index is 0.804. The van der Waals surface area contributed by atoms with Gasteiger partial charge in [-0.15, -0.1) is 11.3 Å². The Morgan fingerprint density at radius 3 is 2.65 bits per heavy atom. The van der Waals surface area contributed by atoms with Gasteiger partial charge in [0.05, 0.1) is 0 Å². The first kappa shape index (κ1) is 11.5. The zero-order valence-corrected chi connectivity index (χ0v) is 12.4. The minimum absolute atomic E-state index is 0.804. The summed E-state index contributed by atoms with van der Waals surface area (Å²) in [4.78, 5) is 0. The van der Waals surface area contributed by atoms with Gasteiger partial charge in [0, 0.05) is 29.7 Å². The molecule has 0 bridgehead atoms. The maximum atomic E-state index is 6.03. The van der Waals surface area contributed by atoms with Crippen LogP contribution in [0.4, 0.5) is 0 Å². The lowest BCUT2D eigenvalue weighted by atomic mass is 10.1. The SMILES string of the molecule is CCc1cc2c(cc1Br)sc1cc(Cl)ccc12. The van der Waals surface area contributed by atoms with Crippen LogP contribution >= 0.6 is 38.9 Å². The van der Waals surface area contributed by atoms with E-state index < -0.39 is 0 Å². The third-order valence-corrected chi connectivity index (χ3v) is 5.07. The molecule has 0 unspecified atom stereocenters. The van der Waals surface area contributed by atoms with Crippen LogP contribution in [-0.2, 0) is 6.42 Å². The molecule has 1 heterocycles. The molecule has 3 heteroatoms. The number of hydrogen-bond acceptors (Lipinski definition) is 1. The molecule has 0 fully saturated rings. The summed E-state index contributed by atoms with van der Waals surface area (Å²) in [5.41, 5.74) is 1.35. The summed E-state index contributed by atoms with van der Waals surface area (Å²) in [5.74, 6) is 0. The van der Waals surface area contributed by atoms with Crippen LogP contribution in [0.1, 0.15) is 12.5 Å². The second-order valence-electron chi connectivity index (χ2n) is 4.04. The molecule has 0 N–H and O–H groups in total. The Morgan fingerprint density at radius 2 is 1.88 bits per heavy atom. The van der Waals surface area contributed by atoms with E-state index in [0.717, 1.165) is 11.4 Å². The van der Waals surface area contributed by atoms with Crippen molar-refractivity contribution in [2.75, 3.05) is 0 Å². The predicted molar refractivity (Wildman–Crippen MR) is 81.4 cm³/mol. The number of halogens is 2. The first-order chi connectivity index (χ1) is 8.19. The van der Waals surface area contributed by atoms with E-state index in [9.17, 15) is 0 Å². The van der Waals surface area contributed by atoms with Gasteiger partial charge < -0.3 is 0 Å². The van der Waals surface area contributed by atoms with Gasteiger partial charge in [-0.1, -0.05) is 40.5 Å². The highest BCUT2D eigenvalue weighted by molar-refractivity contribution is 9.10. The summed E-state index contributed by atoms with van der Waals surface area (Å²) in [5, 5.41) is 3.44. The van der Waals surface area contributed by atoms with E-state index in [1.165, 1.54) is 30.2 Å². The smallest absolute Gasteiger partial charge is 0.0420 e. The molecule has 3 aromatic rings. The molecule has 0 nitrogen and oxygen atoms in total. The number of thiophene rings is 1. The highest BCUT2D eigenvalue weighted by atomic mass is 79.9. The molecule has 0 saturated carbocycles. The molecule has 86 valence electrons. The highest BCUT2D eigenvalue weighted by Gasteiger charge is 2.08. The fraction of sp³-hybridized carbons (Fsp3) is 0.143. The lowest BCUT2D eigenvalue weighted by molar-refractivity contribution is 1.13. The topological polar surface area (TPSA) is 0 Å². The molecule has 1 aromatic heterocycles. The average molecular weight is 326 g/mol. The predicted octanol–water partition coefficient (Wildman–Crippen LogP) is 6.03. The second-order valence-corrected chi connectivity index (χ2v) is 6.41. The first-order valence-electron chi connectivity index (χ1n) is 5.49. The number of aryl methyl sites for hydroxylation is 1. The maximum absolute atomic E-state index is 6.03. The molecule has 2 aromatic carbocycles. The van der Waals surface area contributed by atoms with Crippen LogP contribution < -0.4 is 0 Å². The Balaban J connectivity index is 2.44. The zero-order valence-electron chi connectivity index (χ0n) is 9.26. The third-order valence-electron chi connectivity index (χ3n) is 2.98. The third kappa shape index (κ3) is 1.88. The first-order valence-corrected chi connectivity index (χ1v) is 7.48. The summed E-state index contributed by atoms with van der Waals surface area (Å²) in [6.07, 6.45) is 1.04. The Kier molecular flexibility index (Phi) is 2.89. The van der Waals surface area contributed by atoms with Crippen molar-refractivity contribution < 1.29 is 0 Å². The van der Waals surface area contributed by atoms with Crippen LogP contribution in [0.25, 0.3) is 20.2 Å². The van der Waals surface area contributed by atoms with E-state index in [0.29, 0.717) is 0 Å². The maximum Gasteiger partial charge on any atom is 0.0420 e. The molecule has 0 atom stereocenters. The van der Waals surface area contributed by atoms with E-state index in [4.69, 9.17) is 11.6 Å². The van der Waals surface area contributed by atoms with Crippen LogP contribution in [0.2, 0.25) is 5.02 Å². The normalized spacial score (nSPS) is 11.5. The molecule has 0 aliphatic carbocycles. The Morgan fingerprint density at radius 1 is 1.12 bits per heavy atom. The summed E-state index contributed by atoms with van der Waals surface area (Å²) < 4.78 is 3.77. The molecule has 0 saturated heterocycles. The van der Waals surface area contributed by atoms with Crippen LogP contribution in [0.15, 0.2) is 34.8 Å². The van der Waals surface area contributed by atoms with Gasteiger partial charge in [-0.2, -0.15) is 0 Å². The van der Waals surface area contributed by atoms with Gasteiger partial charge in [-0.3, -0.25) is 0 Å². The quantitative estimate of drug-likeness (QED) is 0.512. The van der Waals surface area contributed by atoms with Crippen molar-refractivity contribution in [2.24, 2.45) is 0 Å². The molecule has 17 heavy (non-hydrogen) atoms. The van der Waals surface area contributed by atoms with Gasteiger partial charge in [0.2, 0.25) is 0 Å². The summed E-state index contributed by atoms with van der Waals surface area (Å²) in [6, 6.07) is 10.6. The van der Waals surface area contributed by atoms with Crippen LogP contribution in [0.3, 0.4) is 0 Å². The Bertz CT molecular complexity index is 715. The van der Waals surface area contributed by atoms with Gasteiger partial charge >= 0.3 is 0 Å². The van der Waals surface area contributed by atoms with Gasteiger partial charge in [0.25, 0.3) is 0 Å². The monoisotopic (exact) mass is 324 g/mol. The molecule has 0 aliphatic heterocycles. The van der Waals surface area contributed by atoms with Crippen molar-refractivity contribution in [1.82, 2.24) is 0 Å². The molecule has 0 aliphatic rings. The van der Waals surface area contributed by atoms with Crippen molar-refractivity contribution >= 4 is 59.0 Å². The Hall–Kier alpha value is -0.570. The van der Waals surface area contributed by atoms with Crippen LogP contribution in [-0.4, -0.2) is 0 Å². The van der Waals surface area contributed by atoms with Crippen LogP contribution in [0.5, 0.6) is 0 Å². The lowest BCUT2D eigenvalue weighted by Gasteiger charge is -2.01. The number of benzene rings is 2. The highest BCUT2D eigenvalue weighted by Crippen LogP contribution is 2.38. The molecular formula is C14H10BrClS. The van der Waals surface area contributed by atoms with Crippen molar-refractivity contribution in [3.05, 3.63) is 45.4 Å². The standard InChI is InChI=1S/C14H10BrClS/c1-2-8-5-11-10-4-3-9(16)6-13(10)17-14(11)7-12(8)15/h3-7H,2H2,1H3. The lowest BCUT2D eigenvalue weighted by Crippen LogP contribution is -1.81. The van der Waals surface area contributed by atoms with E-state index in [-0.39, 0.29) is 0 Å². The summed E-state index contributed by atoms with van der Waals surface area (Å²) in [6.45, 7) is 2.18. The fourth-order valence-corrected chi connectivity index (χ4v) is 4.27. The summed E-state index contributed by atoms with van der Waals surface area (Å²) >= 11 is 11.5. The number of fused-ring (bicyclic) bond motifs is 3. The zero-order chi connectivity index (χ0) is 12.0. The molecule has 0 amide bonds. The molecular weight excluding hydrogens is 316 g/mol. The second kappa shape index (κ2) is 4.27. The minimum Gasteiger partial charge on any atom is -0.135 e.